The van der Waals surface area contributed by atoms with Crippen LogP contribution in [0.3, 0.4) is 0 Å². The lowest BCUT2D eigenvalue weighted by molar-refractivity contribution is 0.298. The van der Waals surface area contributed by atoms with Crippen LogP contribution in [0.15, 0.2) is 53.4 Å². The summed E-state index contributed by atoms with van der Waals surface area (Å²) in [6.45, 7) is 0.760. The maximum Gasteiger partial charge on any atom is 0.119 e. The molecule has 0 saturated heterocycles. The van der Waals surface area contributed by atoms with Gasteiger partial charge in [-0.25, -0.2) is 0 Å². The minimum absolute atomic E-state index is 0.508. The minimum Gasteiger partial charge on any atom is -0.493 e. The van der Waals surface area contributed by atoms with Crippen LogP contribution in [-0.4, -0.2) is 12.4 Å². The molecule has 0 radical (unpaired) electrons. The summed E-state index contributed by atoms with van der Waals surface area (Å²) in [5.41, 5.74) is 2.68. The minimum atomic E-state index is 0.508. The van der Waals surface area contributed by atoms with Gasteiger partial charge in [-0.15, -0.1) is 11.8 Å². The highest BCUT2D eigenvalue weighted by molar-refractivity contribution is 9.08. The van der Waals surface area contributed by atoms with Gasteiger partial charge in [-0.05, 0) is 29.3 Å². The molecule has 0 aromatic heterocycles. The number of halogens is 1. The van der Waals surface area contributed by atoms with Crippen LogP contribution in [0.25, 0.3) is 0 Å². The number of hydrogen-bond donors (Lipinski definition) is 0. The molecule has 0 N–H and O–H groups in total. The quantitative estimate of drug-likeness (QED) is 0.739. The van der Waals surface area contributed by atoms with Gasteiger partial charge in [-0.3, -0.25) is 0 Å². The van der Waals surface area contributed by atoms with Crippen LogP contribution in [0.1, 0.15) is 17.0 Å². The van der Waals surface area contributed by atoms with Gasteiger partial charge in [-0.2, -0.15) is 0 Å². The second-order valence-corrected chi connectivity index (χ2v) is 6.26. The zero-order chi connectivity index (χ0) is 13.1. The topological polar surface area (TPSA) is 9.23 Å². The highest BCUT2D eigenvalue weighted by atomic mass is 79.9. The fourth-order valence-electron chi connectivity index (χ4n) is 2.28. The molecule has 1 atom stereocenters. The molecule has 3 rings (SSSR count). The van der Waals surface area contributed by atoms with Gasteiger partial charge in [0.25, 0.3) is 0 Å². The Morgan fingerprint density at radius 3 is 2.95 bits per heavy atom. The van der Waals surface area contributed by atoms with Gasteiger partial charge >= 0.3 is 0 Å². The van der Waals surface area contributed by atoms with E-state index in [0.717, 1.165) is 23.4 Å². The molecule has 0 aliphatic carbocycles. The lowest BCUT2D eigenvalue weighted by Crippen LogP contribution is -2.09. The maximum absolute atomic E-state index is 5.96. The molecule has 0 spiro atoms. The predicted molar refractivity (Wildman–Crippen MR) is 84.5 cm³/mol. The average molecular weight is 335 g/mol. The van der Waals surface area contributed by atoms with E-state index in [0.29, 0.717) is 5.92 Å². The van der Waals surface area contributed by atoms with Crippen molar-refractivity contribution in [2.24, 2.45) is 0 Å². The molecular weight excluding hydrogens is 320 g/mol. The summed E-state index contributed by atoms with van der Waals surface area (Å²) >= 11 is 5.40. The van der Waals surface area contributed by atoms with Crippen molar-refractivity contribution in [3.8, 4) is 5.75 Å². The monoisotopic (exact) mass is 334 g/mol. The molecule has 1 nitrogen and oxygen atoms in total. The molecule has 1 aliphatic rings. The SMILES string of the molecule is BrCc1cccc(OCC2CSc3ccccc32)c1. The average Bonchev–Trinajstić information content (AvgIpc) is 2.89. The number of alkyl halides is 1. The van der Waals surface area contributed by atoms with Crippen LogP contribution in [0.5, 0.6) is 5.75 Å². The van der Waals surface area contributed by atoms with Gasteiger partial charge in [-0.1, -0.05) is 46.3 Å². The Morgan fingerprint density at radius 1 is 1.16 bits per heavy atom. The van der Waals surface area contributed by atoms with E-state index in [4.69, 9.17) is 4.74 Å². The third kappa shape index (κ3) is 2.98. The summed E-state index contributed by atoms with van der Waals surface area (Å²) in [6, 6.07) is 16.9. The van der Waals surface area contributed by atoms with Gasteiger partial charge in [0.1, 0.15) is 5.75 Å². The van der Waals surface area contributed by atoms with Gasteiger partial charge in [0.2, 0.25) is 0 Å². The molecule has 2 aromatic rings. The van der Waals surface area contributed by atoms with Crippen LogP contribution in [-0.2, 0) is 5.33 Å². The first-order valence-corrected chi connectivity index (χ1v) is 8.47. The van der Waals surface area contributed by atoms with Crippen molar-refractivity contribution in [1.82, 2.24) is 0 Å². The van der Waals surface area contributed by atoms with E-state index >= 15 is 0 Å². The molecule has 1 unspecified atom stereocenters. The Morgan fingerprint density at radius 2 is 2.05 bits per heavy atom. The molecule has 1 heterocycles. The highest BCUT2D eigenvalue weighted by Gasteiger charge is 2.23. The first-order chi connectivity index (χ1) is 9.36. The third-order valence-corrected chi connectivity index (χ3v) is 5.20. The lowest BCUT2D eigenvalue weighted by atomic mass is 10.0. The molecule has 19 heavy (non-hydrogen) atoms. The normalized spacial score (nSPS) is 17.2. The van der Waals surface area contributed by atoms with Crippen molar-refractivity contribution < 1.29 is 4.74 Å². The largest absolute Gasteiger partial charge is 0.493 e. The van der Waals surface area contributed by atoms with Crippen LogP contribution in [0, 0.1) is 0 Å². The summed E-state index contributed by atoms with van der Waals surface area (Å²) in [5, 5.41) is 0.867. The molecule has 0 fully saturated rings. The standard InChI is InChI=1S/C16H15BrOS/c17-9-12-4-3-5-14(8-12)18-10-13-11-19-16-7-2-1-6-15(13)16/h1-8,13H,9-11H2. The Balaban J connectivity index is 1.67. The summed E-state index contributed by atoms with van der Waals surface area (Å²) in [7, 11) is 0. The second-order valence-electron chi connectivity index (χ2n) is 4.64. The lowest BCUT2D eigenvalue weighted by Gasteiger charge is -2.13. The van der Waals surface area contributed by atoms with E-state index in [1.54, 1.807) is 0 Å². The van der Waals surface area contributed by atoms with Crippen molar-refractivity contribution in [2.75, 3.05) is 12.4 Å². The molecule has 3 heteroatoms. The predicted octanol–water partition coefficient (Wildman–Crippen LogP) is 4.85. The van der Waals surface area contributed by atoms with Crippen molar-refractivity contribution in [3.05, 3.63) is 59.7 Å². The van der Waals surface area contributed by atoms with Gasteiger partial charge in [0.05, 0.1) is 6.61 Å². The Kier molecular flexibility index (Phi) is 4.14. The van der Waals surface area contributed by atoms with Crippen molar-refractivity contribution >= 4 is 27.7 Å². The summed E-state index contributed by atoms with van der Waals surface area (Å²) in [5.74, 6) is 2.59. The number of fused-ring (bicyclic) bond motifs is 1. The fourth-order valence-corrected chi connectivity index (χ4v) is 3.86. The smallest absolute Gasteiger partial charge is 0.119 e. The van der Waals surface area contributed by atoms with Gasteiger partial charge < -0.3 is 4.74 Å². The maximum atomic E-state index is 5.96. The second kappa shape index (κ2) is 6.02. The Labute approximate surface area is 126 Å². The molecular formula is C16H15BrOS. The number of hydrogen-bond acceptors (Lipinski definition) is 2. The van der Waals surface area contributed by atoms with E-state index in [-0.39, 0.29) is 0 Å². The highest BCUT2D eigenvalue weighted by Crippen LogP contribution is 2.39. The van der Waals surface area contributed by atoms with E-state index in [9.17, 15) is 0 Å². The number of benzene rings is 2. The molecule has 0 bridgehead atoms. The van der Waals surface area contributed by atoms with E-state index in [2.05, 4.69) is 52.3 Å². The van der Waals surface area contributed by atoms with E-state index < -0.39 is 0 Å². The molecule has 1 aliphatic heterocycles. The first kappa shape index (κ1) is 13.1. The van der Waals surface area contributed by atoms with Crippen LogP contribution < -0.4 is 4.74 Å². The summed E-state index contributed by atoms with van der Waals surface area (Å²) in [6.07, 6.45) is 0. The fraction of sp³-hybridized carbons (Fsp3) is 0.250. The van der Waals surface area contributed by atoms with Crippen molar-refractivity contribution in [1.29, 1.82) is 0 Å². The van der Waals surface area contributed by atoms with Crippen LogP contribution >= 0.6 is 27.7 Å². The third-order valence-electron chi connectivity index (χ3n) is 3.30. The van der Waals surface area contributed by atoms with Crippen LogP contribution in [0.4, 0.5) is 0 Å². The van der Waals surface area contributed by atoms with Crippen molar-refractivity contribution in [3.63, 3.8) is 0 Å². The molecule has 98 valence electrons. The Hall–Kier alpha value is -0.930. The number of thioether (sulfide) groups is 1. The summed E-state index contributed by atoms with van der Waals surface area (Å²) in [4.78, 5) is 1.41. The zero-order valence-electron chi connectivity index (χ0n) is 10.5. The Bertz CT molecular complexity index is 570. The summed E-state index contributed by atoms with van der Waals surface area (Å²) < 4.78 is 5.96. The van der Waals surface area contributed by atoms with Crippen molar-refractivity contribution in [2.45, 2.75) is 16.1 Å². The number of rotatable bonds is 4. The van der Waals surface area contributed by atoms with E-state index in [1.807, 2.05) is 23.9 Å². The molecule has 2 aromatic carbocycles. The molecule has 0 saturated carbocycles. The first-order valence-electron chi connectivity index (χ1n) is 6.36. The number of ether oxygens (including phenoxy) is 1. The zero-order valence-corrected chi connectivity index (χ0v) is 12.9. The van der Waals surface area contributed by atoms with Gasteiger partial charge in [0.15, 0.2) is 0 Å². The van der Waals surface area contributed by atoms with Gasteiger partial charge in [0, 0.05) is 21.9 Å². The molecule has 0 amide bonds. The van der Waals surface area contributed by atoms with E-state index in [1.165, 1.54) is 16.0 Å². The van der Waals surface area contributed by atoms with Crippen LogP contribution in [0.2, 0.25) is 0 Å².